The molecule has 1 aliphatic carbocycles. The molecule has 2 heteroatoms. The first-order chi connectivity index (χ1) is 8.22. The van der Waals surface area contributed by atoms with Gasteiger partial charge in [-0.05, 0) is 29.5 Å². The smallest absolute Gasteiger partial charge is 0.0568 e. The molecule has 0 amide bonds. The summed E-state index contributed by atoms with van der Waals surface area (Å²) >= 11 is 0. The van der Waals surface area contributed by atoms with Gasteiger partial charge in [-0.2, -0.15) is 0 Å². The number of rotatable bonds is 3. The van der Waals surface area contributed by atoms with Gasteiger partial charge in [0.1, 0.15) is 0 Å². The Morgan fingerprint density at radius 1 is 1.35 bits per heavy atom. The maximum absolute atomic E-state index is 6.33. The van der Waals surface area contributed by atoms with Gasteiger partial charge in [0.2, 0.25) is 0 Å². The van der Waals surface area contributed by atoms with Crippen LogP contribution in [0.3, 0.4) is 0 Å². The van der Waals surface area contributed by atoms with E-state index in [1.807, 2.05) is 19.2 Å². The lowest BCUT2D eigenvalue weighted by atomic mass is 9.91. The van der Waals surface area contributed by atoms with Gasteiger partial charge < -0.3 is 11.1 Å². The molecule has 1 aromatic carbocycles. The predicted octanol–water partition coefficient (Wildman–Crippen LogP) is 3.25. The zero-order chi connectivity index (χ0) is 12.3. The third-order valence-corrected chi connectivity index (χ3v) is 3.27. The molecule has 0 spiro atoms. The van der Waals surface area contributed by atoms with Crippen LogP contribution in [-0.4, -0.2) is 7.05 Å². The van der Waals surface area contributed by atoms with Crippen molar-refractivity contribution in [1.82, 2.24) is 0 Å². The second-order valence-electron chi connectivity index (χ2n) is 4.59. The second kappa shape index (κ2) is 5.19. The summed E-state index contributed by atoms with van der Waals surface area (Å²) in [6, 6.07) is 8.16. The number of allylic oxidation sites excluding steroid dienone is 2. The maximum Gasteiger partial charge on any atom is 0.0568 e. The van der Waals surface area contributed by atoms with E-state index in [2.05, 4.69) is 42.6 Å². The average Bonchev–Trinajstić information content (AvgIpc) is 2.39. The SMILES string of the molecule is CNc1ccccc1C(N)C1=CCC(C)C=C1. The van der Waals surface area contributed by atoms with Crippen molar-refractivity contribution in [1.29, 1.82) is 0 Å². The van der Waals surface area contributed by atoms with E-state index in [1.165, 1.54) is 5.57 Å². The van der Waals surface area contributed by atoms with E-state index < -0.39 is 0 Å². The van der Waals surface area contributed by atoms with Crippen LogP contribution in [0.1, 0.15) is 24.9 Å². The van der Waals surface area contributed by atoms with Crippen LogP contribution in [0.25, 0.3) is 0 Å². The molecule has 1 aromatic rings. The minimum Gasteiger partial charge on any atom is -0.388 e. The monoisotopic (exact) mass is 228 g/mol. The van der Waals surface area contributed by atoms with Crippen LogP contribution in [0, 0.1) is 5.92 Å². The van der Waals surface area contributed by atoms with Gasteiger partial charge in [0.15, 0.2) is 0 Å². The maximum atomic E-state index is 6.33. The number of benzene rings is 1. The molecule has 2 nitrogen and oxygen atoms in total. The summed E-state index contributed by atoms with van der Waals surface area (Å²) in [6.07, 6.45) is 7.73. The Balaban J connectivity index is 2.25. The van der Waals surface area contributed by atoms with Gasteiger partial charge in [-0.15, -0.1) is 0 Å². The Hall–Kier alpha value is -1.54. The van der Waals surface area contributed by atoms with E-state index in [-0.39, 0.29) is 6.04 Å². The molecule has 2 unspecified atom stereocenters. The van der Waals surface area contributed by atoms with E-state index in [0.29, 0.717) is 5.92 Å². The minimum atomic E-state index is -0.0394. The summed E-state index contributed by atoms with van der Waals surface area (Å²) in [5.74, 6) is 0.630. The molecule has 0 aliphatic heterocycles. The van der Waals surface area contributed by atoms with Gasteiger partial charge in [-0.1, -0.05) is 43.4 Å². The van der Waals surface area contributed by atoms with Crippen LogP contribution in [0.4, 0.5) is 5.69 Å². The van der Waals surface area contributed by atoms with E-state index in [0.717, 1.165) is 17.7 Å². The van der Waals surface area contributed by atoms with Crippen molar-refractivity contribution < 1.29 is 0 Å². The molecular formula is C15H20N2. The van der Waals surface area contributed by atoms with Crippen LogP contribution in [0.5, 0.6) is 0 Å². The summed E-state index contributed by atoms with van der Waals surface area (Å²) in [5.41, 5.74) is 9.80. The van der Waals surface area contributed by atoms with Gasteiger partial charge in [0.25, 0.3) is 0 Å². The summed E-state index contributed by atoms with van der Waals surface area (Å²) in [4.78, 5) is 0. The summed E-state index contributed by atoms with van der Waals surface area (Å²) in [5, 5.41) is 3.19. The van der Waals surface area contributed by atoms with Crippen LogP contribution < -0.4 is 11.1 Å². The predicted molar refractivity (Wildman–Crippen MR) is 73.9 cm³/mol. The number of hydrogen-bond donors (Lipinski definition) is 2. The van der Waals surface area contributed by atoms with E-state index in [1.54, 1.807) is 0 Å². The zero-order valence-corrected chi connectivity index (χ0v) is 10.5. The van der Waals surface area contributed by atoms with Crippen LogP contribution in [-0.2, 0) is 0 Å². The molecule has 0 heterocycles. The molecule has 0 saturated carbocycles. The highest BCUT2D eigenvalue weighted by molar-refractivity contribution is 5.55. The molecule has 17 heavy (non-hydrogen) atoms. The normalized spacial score (nSPS) is 20.9. The number of anilines is 1. The Kier molecular flexibility index (Phi) is 3.64. The number of nitrogens with two attached hydrogens (primary N) is 1. The largest absolute Gasteiger partial charge is 0.388 e. The lowest BCUT2D eigenvalue weighted by Crippen LogP contribution is -2.15. The number of nitrogens with one attached hydrogen (secondary N) is 1. The van der Waals surface area contributed by atoms with Crippen molar-refractivity contribution in [2.75, 3.05) is 12.4 Å². The van der Waals surface area contributed by atoms with Crippen LogP contribution >= 0.6 is 0 Å². The fourth-order valence-corrected chi connectivity index (χ4v) is 2.15. The molecule has 0 saturated heterocycles. The van der Waals surface area contributed by atoms with Gasteiger partial charge in [-0.25, -0.2) is 0 Å². The fraction of sp³-hybridized carbons (Fsp3) is 0.333. The summed E-state index contributed by atoms with van der Waals surface area (Å²) < 4.78 is 0. The van der Waals surface area contributed by atoms with Crippen LogP contribution in [0.15, 0.2) is 48.1 Å². The highest BCUT2D eigenvalue weighted by atomic mass is 14.8. The molecule has 2 atom stereocenters. The lowest BCUT2D eigenvalue weighted by molar-refractivity contribution is 0.714. The number of para-hydroxylation sites is 1. The first kappa shape index (κ1) is 11.9. The highest BCUT2D eigenvalue weighted by Gasteiger charge is 2.15. The van der Waals surface area contributed by atoms with Crippen molar-refractivity contribution in [2.45, 2.75) is 19.4 Å². The average molecular weight is 228 g/mol. The molecule has 1 aliphatic rings. The Bertz CT molecular complexity index is 446. The van der Waals surface area contributed by atoms with Gasteiger partial charge in [-0.3, -0.25) is 0 Å². The van der Waals surface area contributed by atoms with Crippen LogP contribution in [0.2, 0.25) is 0 Å². The molecule has 0 bridgehead atoms. The topological polar surface area (TPSA) is 38.0 Å². The molecule has 0 aromatic heterocycles. The van der Waals surface area contributed by atoms with Crippen molar-refractivity contribution >= 4 is 5.69 Å². The Morgan fingerprint density at radius 2 is 2.12 bits per heavy atom. The summed E-state index contributed by atoms with van der Waals surface area (Å²) in [7, 11) is 1.93. The third kappa shape index (κ3) is 2.59. The van der Waals surface area contributed by atoms with Gasteiger partial charge >= 0.3 is 0 Å². The molecular weight excluding hydrogens is 208 g/mol. The van der Waals surface area contributed by atoms with Crippen molar-refractivity contribution in [3.8, 4) is 0 Å². The van der Waals surface area contributed by atoms with Crippen molar-refractivity contribution in [2.24, 2.45) is 11.7 Å². The highest BCUT2D eigenvalue weighted by Crippen LogP contribution is 2.29. The van der Waals surface area contributed by atoms with E-state index >= 15 is 0 Å². The van der Waals surface area contributed by atoms with E-state index in [4.69, 9.17) is 5.73 Å². The van der Waals surface area contributed by atoms with Crippen molar-refractivity contribution in [3.05, 3.63) is 53.6 Å². The van der Waals surface area contributed by atoms with E-state index in [9.17, 15) is 0 Å². The zero-order valence-electron chi connectivity index (χ0n) is 10.5. The molecule has 90 valence electrons. The van der Waals surface area contributed by atoms with Crippen molar-refractivity contribution in [3.63, 3.8) is 0 Å². The molecule has 2 rings (SSSR count). The first-order valence-electron chi connectivity index (χ1n) is 6.13. The standard InChI is InChI=1S/C15H20N2/c1-11-7-9-12(10-8-11)15(16)13-5-3-4-6-14(13)17-2/h3-7,9-11,15,17H,8,16H2,1-2H3. The lowest BCUT2D eigenvalue weighted by Gasteiger charge is -2.20. The summed E-state index contributed by atoms with van der Waals surface area (Å²) in [6.45, 7) is 2.22. The quantitative estimate of drug-likeness (QED) is 0.833. The minimum absolute atomic E-state index is 0.0394. The second-order valence-corrected chi connectivity index (χ2v) is 4.59. The Labute approximate surface area is 103 Å². The van der Waals surface area contributed by atoms with Gasteiger partial charge in [0, 0.05) is 12.7 Å². The number of hydrogen-bond acceptors (Lipinski definition) is 2. The first-order valence-corrected chi connectivity index (χ1v) is 6.13. The fourth-order valence-electron chi connectivity index (χ4n) is 2.15. The molecule has 0 radical (unpaired) electrons. The molecule has 0 fully saturated rings. The molecule has 3 N–H and O–H groups in total. The third-order valence-electron chi connectivity index (χ3n) is 3.27. The van der Waals surface area contributed by atoms with Gasteiger partial charge in [0.05, 0.1) is 6.04 Å². The Morgan fingerprint density at radius 3 is 2.76 bits per heavy atom.